The van der Waals surface area contributed by atoms with Gasteiger partial charge in [-0.3, -0.25) is 4.79 Å². The van der Waals surface area contributed by atoms with Gasteiger partial charge in [-0.05, 0) is 31.0 Å². The van der Waals surface area contributed by atoms with Crippen molar-refractivity contribution in [2.75, 3.05) is 18.5 Å². The van der Waals surface area contributed by atoms with E-state index < -0.39 is 0 Å². The third kappa shape index (κ3) is 5.95. The van der Waals surface area contributed by atoms with Crippen molar-refractivity contribution >= 4 is 11.6 Å². The highest BCUT2D eigenvalue weighted by Crippen LogP contribution is 2.17. The second-order valence-electron chi connectivity index (χ2n) is 5.78. The van der Waals surface area contributed by atoms with E-state index in [1.165, 1.54) is 0 Å². The minimum Gasteiger partial charge on any atom is -0.494 e. The fourth-order valence-electron chi connectivity index (χ4n) is 2.33. The van der Waals surface area contributed by atoms with E-state index in [9.17, 15) is 4.79 Å². The molecule has 0 spiro atoms. The largest absolute Gasteiger partial charge is 0.494 e. The number of ether oxygens (including phenoxy) is 1. The summed E-state index contributed by atoms with van der Waals surface area (Å²) in [7, 11) is 0. The van der Waals surface area contributed by atoms with Gasteiger partial charge in [-0.2, -0.15) is 0 Å². The Morgan fingerprint density at radius 2 is 1.92 bits per heavy atom. The van der Waals surface area contributed by atoms with E-state index in [2.05, 4.69) is 17.6 Å². The van der Waals surface area contributed by atoms with Crippen LogP contribution in [0.4, 0.5) is 5.69 Å². The van der Waals surface area contributed by atoms with Gasteiger partial charge in [0.15, 0.2) is 0 Å². The predicted octanol–water partition coefficient (Wildman–Crippen LogP) is 4.15. The molecule has 1 atom stereocenters. The standard InChI is InChI=1S/C20H26N2O2/c1-3-4-13-24-19-12-8-11-18(14-19)21-15-20(23)22-16(2)17-9-6-5-7-10-17/h5-12,14,16,21H,3-4,13,15H2,1-2H3,(H,22,23). The van der Waals surface area contributed by atoms with Crippen LogP contribution >= 0.6 is 0 Å². The molecule has 128 valence electrons. The monoisotopic (exact) mass is 326 g/mol. The van der Waals surface area contributed by atoms with Gasteiger partial charge in [0.25, 0.3) is 0 Å². The Hall–Kier alpha value is -2.49. The van der Waals surface area contributed by atoms with E-state index in [0.29, 0.717) is 0 Å². The third-order valence-corrected chi connectivity index (χ3v) is 3.73. The highest BCUT2D eigenvalue weighted by molar-refractivity contribution is 5.81. The van der Waals surface area contributed by atoms with Crippen LogP contribution in [0.1, 0.15) is 38.3 Å². The van der Waals surface area contributed by atoms with Crippen LogP contribution in [0.2, 0.25) is 0 Å². The molecule has 0 aromatic heterocycles. The number of hydrogen-bond donors (Lipinski definition) is 2. The molecule has 24 heavy (non-hydrogen) atoms. The Morgan fingerprint density at radius 1 is 1.12 bits per heavy atom. The zero-order valence-electron chi connectivity index (χ0n) is 14.4. The lowest BCUT2D eigenvalue weighted by molar-refractivity contribution is -0.120. The van der Waals surface area contributed by atoms with E-state index in [-0.39, 0.29) is 18.5 Å². The summed E-state index contributed by atoms with van der Waals surface area (Å²) in [6, 6.07) is 17.6. The number of nitrogens with one attached hydrogen (secondary N) is 2. The second-order valence-corrected chi connectivity index (χ2v) is 5.78. The van der Waals surface area contributed by atoms with Crippen LogP contribution in [0, 0.1) is 0 Å². The lowest BCUT2D eigenvalue weighted by Gasteiger charge is -2.15. The van der Waals surface area contributed by atoms with Crippen molar-refractivity contribution in [3.63, 3.8) is 0 Å². The van der Waals surface area contributed by atoms with E-state index in [4.69, 9.17) is 4.74 Å². The Bertz CT molecular complexity index is 629. The maximum absolute atomic E-state index is 12.1. The van der Waals surface area contributed by atoms with Gasteiger partial charge in [-0.15, -0.1) is 0 Å². The van der Waals surface area contributed by atoms with Crippen molar-refractivity contribution in [3.8, 4) is 5.75 Å². The Morgan fingerprint density at radius 3 is 2.67 bits per heavy atom. The van der Waals surface area contributed by atoms with Crippen LogP contribution in [-0.4, -0.2) is 19.1 Å². The molecule has 0 heterocycles. The van der Waals surface area contributed by atoms with E-state index in [0.717, 1.165) is 36.4 Å². The molecule has 2 rings (SSSR count). The lowest BCUT2D eigenvalue weighted by Crippen LogP contribution is -2.32. The minimum atomic E-state index is -0.0383. The fraction of sp³-hybridized carbons (Fsp3) is 0.350. The Kier molecular flexibility index (Phi) is 7.15. The van der Waals surface area contributed by atoms with Gasteiger partial charge < -0.3 is 15.4 Å². The summed E-state index contributed by atoms with van der Waals surface area (Å²) in [6.45, 7) is 5.07. The number of carbonyl (C=O) groups excluding carboxylic acids is 1. The highest BCUT2D eigenvalue weighted by atomic mass is 16.5. The predicted molar refractivity (Wildman–Crippen MR) is 98.3 cm³/mol. The van der Waals surface area contributed by atoms with Crippen molar-refractivity contribution < 1.29 is 9.53 Å². The molecular formula is C20H26N2O2. The number of hydrogen-bond acceptors (Lipinski definition) is 3. The number of amides is 1. The molecule has 0 radical (unpaired) electrons. The number of anilines is 1. The van der Waals surface area contributed by atoms with Crippen LogP contribution in [0.25, 0.3) is 0 Å². The molecule has 4 heteroatoms. The maximum atomic E-state index is 12.1. The van der Waals surface area contributed by atoms with Crippen LogP contribution in [0.5, 0.6) is 5.75 Å². The van der Waals surface area contributed by atoms with E-state index in [1.54, 1.807) is 0 Å². The number of rotatable bonds is 9. The average Bonchev–Trinajstić information content (AvgIpc) is 2.61. The quantitative estimate of drug-likeness (QED) is 0.681. The molecule has 0 fully saturated rings. The Balaban J connectivity index is 1.80. The van der Waals surface area contributed by atoms with Crippen molar-refractivity contribution in [1.29, 1.82) is 0 Å². The first-order valence-electron chi connectivity index (χ1n) is 8.50. The smallest absolute Gasteiger partial charge is 0.239 e. The first kappa shape index (κ1) is 17.9. The first-order chi connectivity index (χ1) is 11.7. The summed E-state index contributed by atoms with van der Waals surface area (Å²) in [4.78, 5) is 12.1. The van der Waals surface area contributed by atoms with Gasteiger partial charge in [0, 0.05) is 11.8 Å². The molecule has 0 saturated carbocycles. The van der Waals surface area contributed by atoms with Gasteiger partial charge >= 0.3 is 0 Å². The zero-order valence-corrected chi connectivity index (χ0v) is 14.4. The van der Waals surface area contributed by atoms with Crippen LogP contribution < -0.4 is 15.4 Å². The zero-order chi connectivity index (χ0) is 17.2. The topological polar surface area (TPSA) is 50.4 Å². The third-order valence-electron chi connectivity index (χ3n) is 3.73. The van der Waals surface area contributed by atoms with Gasteiger partial charge in [-0.1, -0.05) is 49.7 Å². The molecule has 2 N–H and O–H groups in total. The molecule has 0 aliphatic carbocycles. The molecule has 0 aliphatic rings. The summed E-state index contributed by atoms with van der Waals surface area (Å²) in [5, 5.41) is 6.13. The molecule has 2 aromatic carbocycles. The SMILES string of the molecule is CCCCOc1cccc(NCC(=O)NC(C)c2ccccc2)c1. The number of carbonyl (C=O) groups is 1. The molecular weight excluding hydrogens is 300 g/mol. The molecule has 0 aliphatic heterocycles. The summed E-state index contributed by atoms with van der Waals surface area (Å²) in [5.74, 6) is 0.787. The Labute approximate surface area is 144 Å². The second kappa shape index (κ2) is 9.60. The molecule has 0 bridgehead atoms. The van der Waals surface area contributed by atoms with Gasteiger partial charge in [0.2, 0.25) is 5.91 Å². The van der Waals surface area contributed by atoms with Crippen molar-refractivity contribution in [2.45, 2.75) is 32.7 Å². The summed E-state index contributed by atoms with van der Waals surface area (Å²) >= 11 is 0. The van der Waals surface area contributed by atoms with Crippen LogP contribution in [0.15, 0.2) is 54.6 Å². The van der Waals surface area contributed by atoms with Gasteiger partial charge in [0.05, 0.1) is 19.2 Å². The van der Waals surface area contributed by atoms with Crippen LogP contribution in [-0.2, 0) is 4.79 Å². The lowest BCUT2D eigenvalue weighted by atomic mass is 10.1. The van der Waals surface area contributed by atoms with Crippen molar-refractivity contribution in [3.05, 3.63) is 60.2 Å². The minimum absolute atomic E-state index is 0.00999. The van der Waals surface area contributed by atoms with Gasteiger partial charge in [-0.25, -0.2) is 0 Å². The molecule has 1 unspecified atom stereocenters. The normalized spacial score (nSPS) is 11.6. The summed E-state index contributed by atoms with van der Waals surface area (Å²) in [6.07, 6.45) is 2.15. The van der Waals surface area contributed by atoms with E-state index >= 15 is 0 Å². The number of unbranched alkanes of at least 4 members (excludes halogenated alkanes) is 1. The highest BCUT2D eigenvalue weighted by Gasteiger charge is 2.09. The van der Waals surface area contributed by atoms with Crippen LogP contribution in [0.3, 0.4) is 0 Å². The van der Waals surface area contributed by atoms with Crippen molar-refractivity contribution in [2.24, 2.45) is 0 Å². The molecule has 4 nitrogen and oxygen atoms in total. The van der Waals surface area contributed by atoms with Gasteiger partial charge in [0.1, 0.15) is 5.75 Å². The summed E-state index contributed by atoms with van der Waals surface area (Å²) in [5.41, 5.74) is 1.98. The molecule has 1 amide bonds. The van der Waals surface area contributed by atoms with E-state index in [1.807, 2.05) is 61.5 Å². The van der Waals surface area contributed by atoms with Crippen molar-refractivity contribution in [1.82, 2.24) is 5.32 Å². The first-order valence-corrected chi connectivity index (χ1v) is 8.50. The number of benzene rings is 2. The fourth-order valence-corrected chi connectivity index (χ4v) is 2.33. The summed E-state index contributed by atoms with van der Waals surface area (Å²) < 4.78 is 5.68. The molecule has 2 aromatic rings. The maximum Gasteiger partial charge on any atom is 0.239 e. The average molecular weight is 326 g/mol. The molecule has 0 saturated heterocycles.